The van der Waals surface area contributed by atoms with E-state index < -0.39 is 0 Å². The van der Waals surface area contributed by atoms with Crippen molar-refractivity contribution in [2.45, 2.75) is 37.8 Å². The van der Waals surface area contributed by atoms with Crippen molar-refractivity contribution in [2.75, 3.05) is 0 Å². The van der Waals surface area contributed by atoms with Gasteiger partial charge < -0.3 is 14.8 Å². The van der Waals surface area contributed by atoms with Gasteiger partial charge in [0, 0.05) is 11.6 Å². The molecule has 0 saturated heterocycles. The first-order valence-corrected chi connectivity index (χ1v) is 7.85. The lowest BCUT2D eigenvalue weighted by molar-refractivity contribution is 0.0844. The van der Waals surface area contributed by atoms with Gasteiger partial charge in [0.1, 0.15) is 5.76 Å². The predicted octanol–water partition coefficient (Wildman–Crippen LogP) is 3.63. The van der Waals surface area contributed by atoms with Gasteiger partial charge in [0.2, 0.25) is 0 Å². The number of aliphatic hydroxyl groups excluding tert-OH is 1. The van der Waals surface area contributed by atoms with E-state index in [0.29, 0.717) is 10.8 Å². The van der Waals surface area contributed by atoms with Crippen LogP contribution in [-0.4, -0.2) is 23.2 Å². The summed E-state index contributed by atoms with van der Waals surface area (Å²) in [4.78, 5) is 12.2. The van der Waals surface area contributed by atoms with E-state index in [2.05, 4.69) is 5.32 Å². The Bertz CT molecular complexity index is 659. The Morgan fingerprint density at radius 1 is 1.14 bits per heavy atom. The Morgan fingerprint density at radius 3 is 2.59 bits per heavy atom. The number of aliphatic hydroxyl groups is 1. The number of halogens is 1. The summed E-state index contributed by atoms with van der Waals surface area (Å²) in [5.41, 5.74) is 0.768. The molecule has 1 amide bonds. The minimum absolute atomic E-state index is 0.102. The van der Waals surface area contributed by atoms with Crippen molar-refractivity contribution in [2.24, 2.45) is 0 Å². The zero-order valence-electron chi connectivity index (χ0n) is 12.1. The number of rotatable bonds is 3. The van der Waals surface area contributed by atoms with E-state index >= 15 is 0 Å². The van der Waals surface area contributed by atoms with E-state index in [9.17, 15) is 9.90 Å². The van der Waals surface area contributed by atoms with Crippen LogP contribution in [0.2, 0.25) is 5.02 Å². The second-order valence-electron chi connectivity index (χ2n) is 5.62. The number of furan rings is 1. The van der Waals surface area contributed by atoms with Gasteiger partial charge in [-0.25, -0.2) is 0 Å². The van der Waals surface area contributed by atoms with Crippen molar-refractivity contribution >= 4 is 17.5 Å². The second kappa shape index (κ2) is 6.55. The van der Waals surface area contributed by atoms with Crippen LogP contribution in [0.4, 0.5) is 0 Å². The number of benzene rings is 1. The molecule has 1 saturated carbocycles. The predicted molar refractivity (Wildman–Crippen MR) is 84.9 cm³/mol. The zero-order valence-corrected chi connectivity index (χ0v) is 12.8. The molecule has 5 heteroatoms. The molecule has 1 aliphatic carbocycles. The fourth-order valence-corrected chi connectivity index (χ4v) is 2.97. The summed E-state index contributed by atoms with van der Waals surface area (Å²) in [5.74, 6) is 0.635. The van der Waals surface area contributed by atoms with E-state index in [1.54, 1.807) is 18.2 Å². The summed E-state index contributed by atoms with van der Waals surface area (Å²) in [7, 11) is 0. The van der Waals surface area contributed by atoms with Crippen molar-refractivity contribution in [1.82, 2.24) is 5.32 Å². The molecule has 1 aliphatic rings. The highest BCUT2D eigenvalue weighted by Crippen LogP contribution is 2.29. The first-order valence-electron chi connectivity index (χ1n) is 7.47. The molecular formula is C17H18ClNO3. The van der Waals surface area contributed by atoms with Gasteiger partial charge >= 0.3 is 0 Å². The molecule has 0 atom stereocenters. The lowest BCUT2D eigenvalue weighted by Crippen LogP contribution is -2.38. The smallest absolute Gasteiger partial charge is 0.287 e. The first-order chi connectivity index (χ1) is 10.6. The van der Waals surface area contributed by atoms with E-state index in [1.807, 2.05) is 18.2 Å². The van der Waals surface area contributed by atoms with Gasteiger partial charge in [0.25, 0.3) is 5.91 Å². The van der Waals surface area contributed by atoms with Crippen molar-refractivity contribution in [3.8, 4) is 11.3 Å². The van der Waals surface area contributed by atoms with Crippen LogP contribution >= 0.6 is 11.6 Å². The van der Waals surface area contributed by atoms with Gasteiger partial charge in [-0.15, -0.1) is 0 Å². The normalized spacial score (nSPS) is 21.5. The molecule has 2 N–H and O–H groups in total. The molecule has 1 aromatic carbocycles. The molecule has 3 rings (SSSR count). The number of amides is 1. The molecular weight excluding hydrogens is 302 g/mol. The van der Waals surface area contributed by atoms with Crippen LogP contribution in [0.3, 0.4) is 0 Å². The maximum Gasteiger partial charge on any atom is 0.287 e. The van der Waals surface area contributed by atoms with E-state index in [-0.39, 0.29) is 23.8 Å². The molecule has 0 unspecified atom stereocenters. The highest BCUT2D eigenvalue weighted by molar-refractivity contribution is 6.33. The maximum absolute atomic E-state index is 12.2. The summed E-state index contributed by atoms with van der Waals surface area (Å²) in [6.45, 7) is 0. The minimum atomic E-state index is -0.233. The Morgan fingerprint density at radius 2 is 1.86 bits per heavy atom. The summed E-state index contributed by atoms with van der Waals surface area (Å²) in [5, 5.41) is 13.0. The van der Waals surface area contributed by atoms with E-state index in [4.69, 9.17) is 16.0 Å². The van der Waals surface area contributed by atoms with Crippen LogP contribution in [0.25, 0.3) is 11.3 Å². The topological polar surface area (TPSA) is 62.5 Å². The standard InChI is InChI=1S/C17H18ClNO3/c18-14-4-2-1-3-13(14)15-9-10-16(22-15)17(21)19-11-5-7-12(20)8-6-11/h1-4,9-12,20H,5-8H2,(H,19,21). The monoisotopic (exact) mass is 319 g/mol. The quantitative estimate of drug-likeness (QED) is 0.908. The molecule has 22 heavy (non-hydrogen) atoms. The molecule has 0 spiro atoms. The van der Waals surface area contributed by atoms with Gasteiger partial charge in [-0.2, -0.15) is 0 Å². The fraction of sp³-hybridized carbons (Fsp3) is 0.353. The molecule has 1 aromatic heterocycles. The van der Waals surface area contributed by atoms with Gasteiger partial charge in [-0.3, -0.25) is 4.79 Å². The average molecular weight is 320 g/mol. The Balaban J connectivity index is 1.68. The molecule has 1 fully saturated rings. The van der Waals surface area contributed by atoms with Gasteiger partial charge in [-0.05, 0) is 49.9 Å². The summed E-state index contributed by atoms with van der Waals surface area (Å²) in [6, 6.07) is 10.9. The Hall–Kier alpha value is -1.78. The van der Waals surface area contributed by atoms with Crippen molar-refractivity contribution < 1.29 is 14.3 Å². The molecule has 0 bridgehead atoms. The third-order valence-corrected chi connectivity index (χ3v) is 4.33. The van der Waals surface area contributed by atoms with Crippen LogP contribution in [0.1, 0.15) is 36.2 Å². The second-order valence-corrected chi connectivity index (χ2v) is 6.03. The molecule has 0 radical (unpaired) electrons. The van der Waals surface area contributed by atoms with Crippen LogP contribution in [-0.2, 0) is 0 Å². The Labute approximate surface area is 134 Å². The summed E-state index contributed by atoms with van der Waals surface area (Å²) < 4.78 is 5.63. The van der Waals surface area contributed by atoms with Crippen LogP contribution < -0.4 is 5.32 Å². The average Bonchev–Trinajstić information content (AvgIpc) is 3.00. The fourth-order valence-electron chi connectivity index (χ4n) is 2.74. The summed E-state index contributed by atoms with van der Waals surface area (Å²) in [6.07, 6.45) is 2.82. The Kier molecular flexibility index (Phi) is 4.50. The number of hydrogen-bond acceptors (Lipinski definition) is 3. The lowest BCUT2D eigenvalue weighted by Gasteiger charge is -2.25. The van der Waals surface area contributed by atoms with Gasteiger partial charge in [0.05, 0.1) is 11.1 Å². The summed E-state index contributed by atoms with van der Waals surface area (Å²) >= 11 is 6.13. The van der Waals surface area contributed by atoms with Gasteiger partial charge in [0.15, 0.2) is 5.76 Å². The van der Waals surface area contributed by atoms with Crippen LogP contribution in [0.15, 0.2) is 40.8 Å². The molecule has 116 valence electrons. The lowest BCUT2D eigenvalue weighted by atomic mass is 9.93. The van der Waals surface area contributed by atoms with E-state index in [1.165, 1.54) is 0 Å². The highest BCUT2D eigenvalue weighted by atomic mass is 35.5. The van der Waals surface area contributed by atoms with Crippen molar-refractivity contribution in [3.05, 3.63) is 47.2 Å². The van der Waals surface area contributed by atoms with Gasteiger partial charge in [-0.1, -0.05) is 23.7 Å². The largest absolute Gasteiger partial charge is 0.451 e. The molecule has 0 aliphatic heterocycles. The number of carbonyl (C=O) groups is 1. The zero-order chi connectivity index (χ0) is 15.5. The molecule has 1 heterocycles. The third kappa shape index (κ3) is 3.34. The third-order valence-electron chi connectivity index (χ3n) is 4.00. The van der Waals surface area contributed by atoms with E-state index in [0.717, 1.165) is 31.2 Å². The molecule has 2 aromatic rings. The minimum Gasteiger partial charge on any atom is -0.451 e. The SMILES string of the molecule is O=C(NC1CCC(O)CC1)c1ccc(-c2ccccc2Cl)o1. The van der Waals surface area contributed by atoms with Crippen molar-refractivity contribution in [3.63, 3.8) is 0 Å². The van der Waals surface area contributed by atoms with Crippen LogP contribution in [0.5, 0.6) is 0 Å². The molecule has 4 nitrogen and oxygen atoms in total. The van der Waals surface area contributed by atoms with Crippen molar-refractivity contribution in [1.29, 1.82) is 0 Å². The van der Waals surface area contributed by atoms with Crippen LogP contribution in [0, 0.1) is 0 Å². The maximum atomic E-state index is 12.2. The highest BCUT2D eigenvalue weighted by Gasteiger charge is 2.22. The number of hydrogen-bond donors (Lipinski definition) is 2. The number of carbonyl (C=O) groups excluding carboxylic acids is 1. The number of nitrogens with one attached hydrogen (secondary N) is 1. The first kappa shape index (κ1) is 15.1.